The van der Waals surface area contributed by atoms with Crippen molar-refractivity contribution in [2.24, 2.45) is 5.92 Å². The molecule has 1 aromatic rings. The third-order valence-corrected chi connectivity index (χ3v) is 4.44. The zero-order valence-electron chi connectivity index (χ0n) is 10.8. The SMILES string of the molecule is OC1c2ccccc2CCC1CC1CCCCO1. The second-order valence-electron chi connectivity index (χ2n) is 5.67. The van der Waals surface area contributed by atoms with Crippen molar-refractivity contribution in [3.8, 4) is 0 Å². The van der Waals surface area contributed by atoms with Gasteiger partial charge in [-0.25, -0.2) is 0 Å². The molecular formula is C16H22O2. The fourth-order valence-electron chi connectivity index (χ4n) is 3.38. The van der Waals surface area contributed by atoms with Gasteiger partial charge in [0.2, 0.25) is 0 Å². The van der Waals surface area contributed by atoms with Gasteiger partial charge in [0.15, 0.2) is 0 Å². The average Bonchev–Trinajstić information content (AvgIpc) is 2.43. The third kappa shape index (κ3) is 2.45. The van der Waals surface area contributed by atoms with Gasteiger partial charge in [0.1, 0.15) is 0 Å². The molecule has 1 heterocycles. The van der Waals surface area contributed by atoms with Crippen molar-refractivity contribution in [2.75, 3.05) is 6.61 Å². The summed E-state index contributed by atoms with van der Waals surface area (Å²) in [5.74, 6) is 0.378. The minimum atomic E-state index is -0.291. The van der Waals surface area contributed by atoms with E-state index in [2.05, 4.69) is 18.2 Å². The molecule has 2 nitrogen and oxygen atoms in total. The number of hydrogen-bond acceptors (Lipinski definition) is 2. The van der Waals surface area contributed by atoms with Crippen molar-refractivity contribution in [3.05, 3.63) is 35.4 Å². The normalized spacial score (nSPS) is 31.9. The lowest BCUT2D eigenvalue weighted by Gasteiger charge is -2.33. The smallest absolute Gasteiger partial charge is 0.0821 e. The number of aliphatic hydroxyl groups excluding tert-OH is 1. The van der Waals surface area contributed by atoms with E-state index < -0.39 is 0 Å². The Labute approximate surface area is 109 Å². The summed E-state index contributed by atoms with van der Waals surface area (Å²) in [6.07, 6.45) is 6.96. The second-order valence-corrected chi connectivity index (χ2v) is 5.67. The van der Waals surface area contributed by atoms with Crippen LogP contribution in [0.15, 0.2) is 24.3 Å². The highest BCUT2D eigenvalue weighted by atomic mass is 16.5. The molecule has 1 fully saturated rings. The molecule has 1 aromatic carbocycles. The van der Waals surface area contributed by atoms with Crippen LogP contribution in [0.4, 0.5) is 0 Å². The molecule has 98 valence electrons. The Morgan fingerprint density at radius 2 is 2.06 bits per heavy atom. The number of aliphatic hydroxyl groups is 1. The maximum atomic E-state index is 10.5. The molecule has 3 rings (SSSR count). The summed E-state index contributed by atoms with van der Waals surface area (Å²) in [6, 6.07) is 8.32. The van der Waals surface area contributed by atoms with Crippen LogP contribution in [0.25, 0.3) is 0 Å². The highest BCUT2D eigenvalue weighted by Crippen LogP contribution is 2.38. The van der Waals surface area contributed by atoms with Crippen LogP contribution in [0.5, 0.6) is 0 Å². The average molecular weight is 246 g/mol. The molecule has 0 saturated carbocycles. The highest BCUT2D eigenvalue weighted by molar-refractivity contribution is 5.31. The fourth-order valence-corrected chi connectivity index (χ4v) is 3.38. The van der Waals surface area contributed by atoms with E-state index in [-0.39, 0.29) is 6.10 Å². The topological polar surface area (TPSA) is 29.5 Å². The maximum absolute atomic E-state index is 10.5. The molecule has 1 N–H and O–H groups in total. The van der Waals surface area contributed by atoms with Gasteiger partial charge in [-0.3, -0.25) is 0 Å². The van der Waals surface area contributed by atoms with E-state index in [0.717, 1.165) is 31.4 Å². The lowest BCUT2D eigenvalue weighted by molar-refractivity contribution is -0.0201. The number of ether oxygens (including phenoxy) is 1. The quantitative estimate of drug-likeness (QED) is 0.868. The van der Waals surface area contributed by atoms with Crippen LogP contribution in [0.2, 0.25) is 0 Å². The molecule has 0 aromatic heterocycles. The van der Waals surface area contributed by atoms with Crippen LogP contribution < -0.4 is 0 Å². The first-order valence-corrected chi connectivity index (χ1v) is 7.22. The molecule has 2 aliphatic rings. The lowest BCUT2D eigenvalue weighted by atomic mass is 9.78. The Morgan fingerprint density at radius 3 is 2.89 bits per heavy atom. The van der Waals surface area contributed by atoms with Crippen LogP contribution in [0.3, 0.4) is 0 Å². The van der Waals surface area contributed by atoms with Gasteiger partial charge in [-0.15, -0.1) is 0 Å². The van der Waals surface area contributed by atoms with Gasteiger partial charge < -0.3 is 9.84 Å². The Morgan fingerprint density at radius 1 is 1.17 bits per heavy atom. The van der Waals surface area contributed by atoms with E-state index in [1.807, 2.05) is 6.07 Å². The highest BCUT2D eigenvalue weighted by Gasteiger charge is 2.30. The number of rotatable bonds is 2. The number of hydrogen-bond donors (Lipinski definition) is 1. The molecule has 0 spiro atoms. The van der Waals surface area contributed by atoms with Gasteiger partial charge in [0, 0.05) is 6.61 Å². The van der Waals surface area contributed by atoms with E-state index in [9.17, 15) is 5.11 Å². The largest absolute Gasteiger partial charge is 0.388 e. The Bertz CT molecular complexity index is 396. The van der Waals surface area contributed by atoms with Gasteiger partial charge in [-0.05, 0) is 55.6 Å². The van der Waals surface area contributed by atoms with Crippen molar-refractivity contribution < 1.29 is 9.84 Å². The van der Waals surface area contributed by atoms with Crippen molar-refractivity contribution in [1.82, 2.24) is 0 Å². The first-order chi connectivity index (χ1) is 8.84. The van der Waals surface area contributed by atoms with E-state index >= 15 is 0 Å². The van der Waals surface area contributed by atoms with Crippen LogP contribution in [0.1, 0.15) is 49.3 Å². The molecule has 2 heteroatoms. The molecule has 18 heavy (non-hydrogen) atoms. The number of fused-ring (bicyclic) bond motifs is 1. The minimum Gasteiger partial charge on any atom is -0.388 e. The van der Waals surface area contributed by atoms with Crippen molar-refractivity contribution in [1.29, 1.82) is 0 Å². The first kappa shape index (κ1) is 12.2. The fraction of sp³-hybridized carbons (Fsp3) is 0.625. The van der Waals surface area contributed by atoms with Gasteiger partial charge >= 0.3 is 0 Å². The molecule has 1 saturated heterocycles. The van der Waals surface area contributed by atoms with E-state index in [0.29, 0.717) is 12.0 Å². The molecule has 1 aliphatic heterocycles. The van der Waals surface area contributed by atoms with Crippen molar-refractivity contribution >= 4 is 0 Å². The zero-order valence-corrected chi connectivity index (χ0v) is 10.8. The van der Waals surface area contributed by atoms with Gasteiger partial charge in [-0.2, -0.15) is 0 Å². The number of aryl methyl sites for hydroxylation is 1. The first-order valence-electron chi connectivity index (χ1n) is 7.22. The monoisotopic (exact) mass is 246 g/mol. The summed E-state index contributed by atoms with van der Waals surface area (Å²) >= 11 is 0. The van der Waals surface area contributed by atoms with Gasteiger partial charge in [-0.1, -0.05) is 24.3 Å². The van der Waals surface area contributed by atoms with E-state index in [1.165, 1.54) is 24.8 Å². The summed E-state index contributed by atoms with van der Waals surface area (Å²) in [6.45, 7) is 0.907. The zero-order chi connectivity index (χ0) is 12.4. The van der Waals surface area contributed by atoms with Crippen molar-refractivity contribution in [2.45, 2.75) is 50.7 Å². The maximum Gasteiger partial charge on any atom is 0.0821 e. The summed E-state index contributed by atoms with van der Waals surface area (Å²) in [7, 11) is 0. The molecule has 3 atom stereocenters. The van der Waals surface area contributed by atoms with Crippen LogP contribution in [0, 0.1) is 5.92 Å². The Kier molecular flexibility index (Phi) is 3.67. The molecule has 0 radical (unpaired) electrons. The molecule has 3 unspecified atom stereocenters. The van der Waals surface area contributed by atoms with Crippen LogP contribution >= 0.6 is 0 Å². The summed E-state index contributed by atoms with van der Waals surface area (Å²) < 4.78 is 5.81. The molecular weight excluding hydrogens is 224 g/mol. The van der Waals surface area contributed by atoms with E-state index in [4.69, 9.17) is 4.74 Å². The Hall–Kier alpha value is -0.860. The molecule has 0 amide bonds. The summed E-state index contributed by atoms with van der Waals surface area (Å²) in [4.78, 5) is 0. The Balaban J connectivity index is 1.68. The van der Waals surface area contributed by atoms with Crippen molar-refractivity contribution in [3.63, 3.8) is 0 Å². The predicted molar refractivity (Wildman–Crippen MR) is 71.4 cm³/mol. The van der Waals surface area contributed by atoms with Gasteiger partial charge in [0.25, 0.3) is 0 Å². The van der Waals surface area contributed by atoms with Gasteiger partial charge in [0.05, 0.1) is 12.2 Å². The molecule has 1 aliphatic carbocycles. The standard InChI is InChI=1S/C16H22O2/c17-16-13(11-14-6-3-4-10-18-14)9-8-12-5-1-2-7-15(12)16/h1-2,5,7,13-14,16-17H,3-4,6,8-11H2. The minimum absolute atomic E-state index is 0.291. The summed E-state index contributed by atoms with van der Waals surface area (Å²) in [5, 5.41) is 10.5. The third-order valence-electron chi connectivity index (χ3n) is 4.44. The van der Waals surface area contributed by atoms with E-state index in [1.54, 1.807) is 0 Å². The van der Waals surface area contributed by atoms with Crippen LogP contribution in [-0.2, 0) is 11.2 Å². The summed E-state index contributed by atoms with van der Waals surface area (Å²) in [5.41, 5.74) is 2.47. The molecule has 0 bridgehead atoms. The second kappa shape index (κ2) is 5.41. The predicted octanol–water partition coefficient (Wildman–Crippen LogP) is 3.24. The van der Waals surface area contributed by atoms with Crippen LogP contribution in [-0.4, -0.2) is 17.8 Å². The lowest BCUT2D eigenvalue weighted by Crippen LogP contribution is -2.28. The number of benzene rings is 1.